The molecule has 3 aromatic rings. The maximum atomic E-state index is 12.8. The Morgan fingerprint density at radius 2 is 1.79 bits per heavy atom. The van der Waals surface area contributed by atoms with Crippen molar-refractivity contribution < 1.29 is 14.3 Å². The van der Waals surface area contributed by atoms with Crippen molar-refractivity contribution >= 4 is 51.4 Å². The van der Waals surface area contributed by atoms with Crippen LogP contribution in [0.1, 0.15) is 5.69 Å². The van der Waals surface area contributed by atoms with Gasteiger partial charge in [-0.25, -0.2) is 9.78 Å². The van der Waals surface area contributed by atoms with Crippen LogP contribution in [-0.2, 0) is 11.2 Å². The molecular formula is C23H24ClN5O3S. The number of aromatic nitrogens is 1. The van der Waals surface area contributed by atoms with Crippen molar-refractivity contribution in [1.82, 2.24) is 9.88 Å². The number of para-hydroxylation sites is 2. The monoisotopic (exact) mass is 485 g/mol. The van der Waals surface area contributed by atoms with Crippen LogP contribution in [-0.4, -0.2) is 55.1 Å². The highest BCUT2D eigenvalue weighted by Crippen LogP contribution is 2.28. The Kier molecular flexibility index (Phi) is 7.31. The SMILES string of the molecule is COc1ccccc1N1CCN(C(=O)Cc2csc(NC(=O)Nc3ccc(Cl)cc3)n2)CC1. The van der Waals surface area contributed by atoms with Gasteiger partial charge in [0, 0.05) is 42.3 Å². The zero-order valence-corrected chi connectivity index (χ0v) is 19.7. The number of methoxy groups -OCH3 is 1. The molecule has 1 aliphatic rings. The van der Waals surface area contributed by atoms with Crippen LogP contribution in [0.3, 0.4) is 0 Å². The van der Waals surface area contributed by atoms with Gasteiger partial charge in [0.15, 0.2) is 5.13 Å². The lowest BCUT2D eigenvalue weighted by Crippen LogP contribution is -2.49. The van der Waals surface area contributed by atoms with Crippen molar-refractivity contribution in [2.45, 2.75) is 6.42 Å². The summed E-state index contributed by atoms with van der Waals surface area (Å²) >= 11 is 7.14. The molecule has 0 spiro atoms. The molecule has 0 radical (unpaired) electrons. The summed E-state index contributed by atoms with van der Waals surface area (Å²) in [4.78, 5) is 33.4. The van der Waals surface area contributed by atoms with Crippen molar-refractivity contribution in [1.29, 1.82) is 0 Å². The fraction of sp³-hybridized carbons (Fsp3) is 0.261. The third kappa shape index (κ3) is 5.94. The van der Waals surface area contributed by atoms with E-state index in [2.05, 4.69) is 20.5 Å². The third-order valence-corrected chi connectivity index (χ3v) is 6.32. The lowest BCUT2D eigenvalue weighted by molar-refractivity contribution is -0.130. The van der Waals surface area contributed by atoms with E-state index in [1.54, 1.807) is 36.8 Å². The number of rotatable bonds is 6. The Hall–Kier alpha value is -3.30. The molecule has 0 saturated carbocycles. The van der Waals surface area contributed by atoms with Crippen LogP contribution in [0.4, 0.5) is 21.3 Å². The minimum Gasteiger partial charge on any atom is -0.495 e. The number of ether oxygens (including phenoxy) is 1. The summed E-state index contributed by atoms with van der Waals surface area (Å²) in [6.07, 6.45) is 0.200. The summed E-state index contributed by atoms with van der Waals surface area (Å²) in [5.74, 6) is 0.858. The molecule has 2 aromatic carbocycles. The Labute approximate surface area is 201 Å². The average molecular weight is 486 g/mol. The standard InChI is InChI=1S/C23H24ClN5O3S/c1-32-20-5-3-2-4-19(20)28-10-12-29(13-11-28)21(30)14-18-15-33-23(26-18)27-22(31)25-17-8-6-16(24)7-9-17/h2-9,15H,10-14H2,1H3,(H2,25,26,27,31). The molecule has 2 N–H and O–H groups in total. The van der Waals surface area contributed by atoms with Crippen LogP contribution in [0.15, 0.2) is 53.9 Å². The van der Waals surface area contributed by atoms with E-state index in [0.717, 1.165) is 24.5 Å². The molecule has 33 heavy (non-hydrogen) atoms. The highest BCUT2D eigenvalue weighted by atomic mass is 35.5. The number of hydrogen-bond donors (Lipinski definition) is 2. The summed E-state index contributed by atoms with van der Waals surface area (Å²) in [6.45, 7) is 2.74. The fourth-order valence-electron chi connectivity index (χ4n) is 3.59. The largest absolute Gasteiger partial charge is 0.495 e. The van der Waals surface area contributed by atoms with Crippen molar-refractivity contribution in [3.05, 3.63) is 64.6 Å². The highest BCUT2D eigenvalue weighted by Gasteiger charge is 2.23. The van der Waals surface area contributed by atoms with Gasteiger partial charge in [-0.3, -0.25) is 10.1 Å². The lowest BCUT2D eigenvalue weighted by Gasteiger charge is -2.36. The van der Waals surface area contributed by atoms with Crippen LogP contribution in [0.25, 0.3) is 0 Å². The Bertz CT molecular complexity index is 1110. The number of anilines is 3. The number of carbonyl (C=O) groups excluding carboxylic acids is 2. The first-order valence-electron chi connectivity index (χ1n) is 10.5. The van der Waals surface area contributed by atoms with Gasteiger partial charge >= 0.3 is 6.03 Å². The van der Waals surface area contributed by atoms with Gasteiger partial charge in [-0.15, -0.1) is 11.3 Å². The molecule has 1 saturated heterocycles. The van der Waals surface area contributed by atoms with Crippen molar-refractivity contribution in [2.24, 2.45) is 0 Å². The Balaban J connectivity index is 1.26. The minimum atomic E-state index is -0.406. The second-order valence-electron chi connectivity index (χ2n) is 7.45. The van der Waals surface area contributed by atoms with Crippen molar-refractivity contribution in [2.75, 3.05) is 48.8 Å². The van der Waals surface area contributed by atoms with E-state index in [1.165, 1.54) is 11.3 Å². The van der Waals surface area contributed by atoms with E-state index in [-0.39, 0.29) is 12.3 Å². The van der Waals surface area contributed by atoms with Crippen LogP contribution in [0, 0.1) is 0 Å². The Morgan fingerprint density at radius 3 is 2.52 bits per heavy atom. The fourth-order valence-corrected chi connectivity index (χ4v) is 4.42. The average Bonchev–Trinajstić information content (AvgIpc) is 3.27. The van der Waals surface area contributed by atoms with Crippen LogP contribution in [0.2, 0.25) is 5.02 Å². The summed E-state index contributed by atoms with van der Waals surface area (Å²) in [5.41, 5.74) is 2.30. The van der Waals surface area contributed by atoms with Crippen LogP contribution in [0.5, 0.6) is 5.75 Å². The predicted molar refractivity (Wildman–Crippen MR) is 132 cm³/mol. The molecule has 0 atom stereocenters. The van der Waals surface area contributed by atoms with Gasteiger partial charge in [0.25, 0.3) is 0 Å². The van der Waals surface area contributed by atoms with Crippen LogP contribution >= 0.6 is 22.9 Å². The molecule has 1 aliphatic heterocycles. The molecule has 1 fully saturated rings. The topological polar surface area (TPSA) is 86.8 Å². The lowest BCUT2D eigenvalue weighted by atomic mass is 10.2. The van der Waals surface area contributed by atoms with Gasteiger partial charge in [0.05, 0.1) is 24.9 Å². The van der Waals surface area contributed by atoms with Gasteiger partial charge in [-0.05, 0) is 36.4 Å². The van der Waals surface area contributed by atoms with Gasteiger partial charge in [-0.2, -0.15) is 0 Å². The summed E-state index contributed by atoms with van der Waals surface area (Å²) in [6, 6.07) is 14.3. The zero-order valence-electron chi connectivity index (χ0n) is 18.1. The number of halogens is 1. The molecule has 3 amide bonds. The minimum absolute atomic E-state index is 0.0251. The number of carbonyl (C=O) groups is 2. The second-order valence-corrected chi connectivity index (χ2v) is 8.74. The maximum absolute atomic E-state index is 12.8. The van der Waals surface area contributed by atoms with E-state index in [0.29, 0.717) is 34.6 Å². The Morgan fingerprint density at radius 1 is 1.06 bits per heavy atom. The quantitative estimate of drug-likeness (QED) is 0.542. The van der Waals surface area contributed by atoms with Gasteiger partial charge < -0.3 is 19.9 Å². The smallest absolute Gasteiger partial charge is 0.325 e. The van der Waals surface area contributed by atoms with E-state index in [1.807, 2.05) is 29.2 Å². The van der Waals surface area contributed by atoms with E-state index in [9.17, 15) is 9.59 Å². The van der Waals surface area contributed by atoms with Crippen molar-refractivity contribution in [3.8, 4) is 5.75 Å². The number of nitrogens with zero attached hydrogens (tertiary/aromatic N) is 3. The number of nitrogens with one attached hydrogen (secondary N) is 2. The highest BCUT2D eigenvalue weighted by molar-refractivity contribution is 7.14. The number of thiazole rings is 1. The first kappa shape index (κ1) is 22.9. The van der Waals surface area contributed by atoms with E-state index >= 15 is 0 Å². The molecule has 0 unspecified atom stereocenters. The van der Waals surface area contributed by atoms with Gasteiger partial charge in [-0.1, -0.05) is 23.7 Å². The molecule has 172 valence electrons. The maximum Gasteiger partial charge on any atom is 0.325 e. The first-order chi connectivity index (χ1) is 16.0. The zero-order chi connectivity index (χ0) is 23.2. The molecule has 0 aliphatic carbocycles. The number of hydrogen-bond acceptors (Lipinski definition) is 6. The molecule has 1 aromatic heterocycles. The summed E-state index contributed by atoms with van der Waals surface area (Å²) < 4.78 is 5.45. The number of benzene rings is 2. The number of urea groups is 1. The van der Waals surface area contributed by atoms with E-state index in [4.69, 9.17) is 16.3 Å². The summed E-state index contributed by atoms with van der Waals surface area (Å²) in [5, 5.41) is 8.23. The van der Waals surface area contributed by atoms with Crippen LogP contribution < -0.4 is 20.3 Å². The number of amides is 3. The van der Waals surface area contributed by atoms with E-state index < -0.39 is 6.03 Å². The molecule has 4 rings (SSSR count). The first-order valence-corrected chi connectivity index (χ1v) is 11.7. The third-order valence-electron chi connectivity index (χ3n) is 5.26. The molecule has 8 nitrogen and oxygen atoms in total. The summed E-state index contributed by atoms with van der Waals surface area (Å²) in [7, 11) is 1.66. The number of piperazine rings is 1. The molecular weight excluding hydrogens is 462 g/mol. The molecule has 2 heterocycles. The van der Waals surface area contributed by atoms with Gasteiger partial charge in [0.1, 0.15) is 5.75 Å². The van der Waals surface area contributed by atoms with Gasteiger partial charge in [0.2, 0.25) is 5.91 Å². The van der Waals surface area contributed by atoms with Crippen molar-refractivity contribution in [3.63, 3.8) is 0 Å². The predicted octanol–water partition coefficient (Wildman–Crippen LogP) is 4.34. The normalized spacial score (nSPS) is 13.5. The second kappa shape index (κ2) is 10.5. The molecule has 0 bridgehead atoms. The molecule has 10 heteroatoms.